The second-order valence-electron chi connectivity index (χ2n) is 8.82. The third-order valence-electron chi connectivity index (χ3n) is 6.45. The first-order chi connectivity index (χ1) is 18.4. The predicted octanol–water partition coefficient (Wildman–Crippen LogP) is 4.97. The summed E-state index contributed by atoms with van der Waals surface area (Å²) in [6.45, 7) is 11.8. The summed E-state index contributed by atoms with van der Waals surface area (Å²) in [6.07, 6.45) is 2.60. The van der Waals surface area contributed by atoms with Crippen LogP contribution < -0.4 is 9.30 Å². The molecule has 0 saturated heterocycles. The van der Waals surface area contributed by atoms with Crippen LogP contribution in [0.2, 0.25) is 0 Å². The van der Waals surface area contributed by atoms with E-state index in [1.165, 1.54) is 4.90 Å². The number of nitrogens with zero attached hydrogens (tertiary/aromatic N) is 3. The summed E-state index contributed by atoms with van der Waals surface area (Å²) in [5, 5.41) is 0. The number of amides is 2. The fourth-order valence-electron chi connectivity index (χ4n) is 4.85. The van der Waals surface area contributed by atoms with Gasteiger partial charge in [0.2, 0.25) is 0 Å². The van der Waals surface area contributed by atoms with E-state index in [4.69, 9.17) is 13.8 Å². The van der Waals surface area contributed by atoms with Crippen LogP contribution in [0.15, 0.2) is 55.1 Å². The maximum Gasteiger partial charge on any atom is 0.330 e. The van der Waals surface area contributed by atoms with Crippen molar-refractivity contribution in [3.05, 3.63) is 72.1 Å². The average Bonchev–Trinajstić information content (AvgIpc) is 3.33. The first kappa shape index (κ1) is 27.8. The first-order valence-corrected chi connectivity index (χ1v) is 14.7. The Morgan fingerprint density at radius 1 is 1.00 bits per heavy atom. The van der Waals surface area contributed by atoms with Crippen molar-refractivity contribution in [3.63, 3.8) is 0 Å². The number of imidazole rings is 1. The predicted molar refractivity (Wildman–Crippen MR) is 144 cm³/mol. The molecule has 2 aromatic carbocycles. The highest BCUT2D eigenvalue weighted by molar-refractivity contribution is 7.53. The van der Waals surface area contributed by atoms with E-state index in [1.807, 2.05) is 25.1 Å². The van der Waals surface area contributed by atoms with Gasteiger partial charge >= 0.3 is 7.60 Å². The van der Waals surface area contributed by atoms with Crippen LogP contribution in [0.5, 0.6) is 5.75 Å². The van der Waals surface area contributed by atoms with E-state index in [9.17, 15) is 14.2 Å². The third kappa shape index (κ3) is 5.46. The van der Waals surface area contributed by atoms with Crippen molar-refractivity contribution in [2.45, 2.75) is 46.8 Å². The van der Waals surface area contributed by atoms with Crippen LogP contribution in [0.1, 0.15) is 53.7 Å². The minimum atomic E-state index is -3.11. The average molecular weight is 541 g/mol. The molecular formula is C28H35N3O6P+. The lowest BCUT2D eigenvalue weighted by molar-refractivity contribution is -0.670. The first-order valence-electron chi connectivity index (χ1n) is 13.0. The molecule has 0 spiro atoms. The number of hydrogen-bond acceptors (Lipinski definition) is 6. The largest absolute Gasteiger partial charge is 0.493 e. The van der Waals surface area contributed by atoms with Gasteiger partial charge in [-0.1, -0.05) is 24.8 Å². The van der Waals surface area contributed by atoms with Gasteiger partial charge in [0, 0.05) is 6.07 Å². The van der Waals surface area contributed by atoms with Crippen LogP contribution >= 0.6 is 7.60 Å². The van der Waals surface area contributed by atoms with E-state index < -0.39 is 7.60 Å². The highest BCUT2D eigenvalue weighted by atomic mass is 31.2. The lowest BCUT2D eigenvalue weighted by Gasteiger charge is -2.16. The Morgan fingerprint density at radius 3 is 2.24 bits per heavy atom. The zero-order valence-corrected chi connectivity index (χ0v) is 23.1. The number of aryl methyl sites for hydroxylation is 1. The molecule has 1 aliphatic heterocycles. The highest BCUT2D eigenvalue weighted by Gasteiger charge is 2.38. The van der Waals surface area contributed by atoms with Crippen LogP contribution in [0, 0.1) is 0 Å². The number of imide groups is 1. The van der Waals surface area contributed by atoms with Gasteiger partial charge in [-0.25, -0.2) is 9.13 Å². The zero-order valence-electron chi connectivity index (χ0n) is 22.2. The number of allylic oxidation sites excluding steroid dienone is 1. The van der Waals surface area contributed by atoms with E-state index in [2.05, 4.69) is 15.7 Å². The number of ether oxygens (including phenoxy) is 1. The van der Waals surface area contributed by atoms with Gasteiger partial charge in [0.25, 0.3) is 17.6 Å². The monoisotopic (exact) mass is 540 g/mol. The van der Waals surface area contributed by atoms with Crippen LogP contribution in [-0.2, 0) is 33.2 Å². The smallest absolute Gasteiger partial charge is 0.330 e. The minimum absolute atomic E-state index is 0.142. The molecule has 2 heterocycles. The van der Waals surface area contributed by atoms with Crippen molar-refractivity contribution < 1.29 is 32.5 Å². The van der Waals surface area contributed by atoms with E-state index in [-0.39, 0.29) is 24.5 Å². The molecule has 0 unspecified atom stereocenters. The van der Waals surface area contributed by atoms with Crippen LogP contribution in [-0.4, -0.2) is 47.3 Å². The van der Waals surface area contributed by atoms with Crippen LogP contribution in [0.3, 0.4) is 0 Å². The number of benzene rings is 2. The Balaban J connectivity index is 1.58. The summed E-state index contributed by atoms with van der Waals surface area (Å²) in [5.41, 5.74) is 2.73. The van der Waals surface area contributed by atoms with Crippen molar-refractivity contribution >= 4 is 30.4 Å². The summed E-state index contributed by atoms with van der Waals surface area (Å²) in [5.74, 6) is 0.918. The molecule has 0 bridgehead atoms. The fourth-order valence-corrected chi connectivity index (χ4v) is 6.49. The molecule has 0 fully saturated rings. The van der Waals surface area contributed by atoms with Crippen molar-refractivity contribution in [1.29, 1.82) is 0 Å². The topological polar surface area (TPSA) is 91.0 Å². The lowest BCUT2D eigenvalue weighted by Crippen LogP contribution is -2.42. The molecule has 1 aromatic heterocycles. The molecule has 0 radical (unpaired) electrons. The quantitative estimate of drug-likeness (QED) is 0.0943. The Morgan fingerprint density at radius 2 is 1.66 bits per heavy atom. The van der Waals surface area contributed by atoms with Crippen molar-refractivity contribution in [1.82, 2.24) is 9.47 Å². The SMILES string of the molecule is C=CC[n+]1c(CN2C(=O)c3ccccc3C2=O)n(CC)c2cc(OCCCP(=O)(OCC)OCC)ccc21. The van der Waals surface area contributed by atoms with Gasteiger partial charge in [-0.15, -0.1) is 0 Å². The second kappa shape index (κ2) is 12.1. The minimum Gasteiger partial charge on any atom is -0.493 e. The Kier molecular flexibility index (Phi) is 8.82. The number of carbonyl (C=O) groups is 2. The van der Waals surface area contributed by atoms with Crippen molar-refractivity contribution in [2.24, 2.45) is 0 Å². The van der Waals surface area contributed by atoms with Gasteiger partial charge in [-0.2, -0.15) is 0 Å². The number of rotatable bonds is 14. The maximum absolute atomic E-state index is 13.1. The molecule has 10 heteroatoms. The molecule has 202 valence electrons. The van der Waals surface area contributed by atoms with Crippen molar-refractivity contribution in [2.75, 3.05) is 26.0 Å². The summed E-state index contributed by atoms with van der Waals surface area (Å²) in [6, 6.07) is 12.7. The van der Waals surface area contributed by atoms with Crippen molar-refractivity contribution in [3.8, 4) is 5.75 Å². The molecule has 4 rings (SSSR count). The Labute approximate surface area is 223 Å². The molecule has 0 N–H and O–H groups in total. The normalized spacial score (nSPS) is 13.4. The third-order valence-corrected chi connectivity index (χ3v) is 8.62. The molecular weight excluding hydrogens is 505 g/mol. The van der Waals surface area contributed by atoms with Gasteiger partial charge in [-0.05, 0) is 51.5 Å². The summed E-state index contributed by atoms with van der Waals surface area (Å²) < 4.78 is 33.5. The number of hydrogen-bond donors (Lipinski definition) is 0. The highest BCUT2D eigenvalue weighted by Crippen LogP contribution is 2.48. The fraction of sp³-hybridized carbons (Fsp3) is 0.393. The van der Waals surface area contributed by atoms with Gasteiger partial charge in [0.1, 0.15) is 18.8 Å². The van der Waals surface area contributed by atoms with Gasteiger partial charge in [0.05, 0.1) is 43.7 Å². The zero-order chi connectivity index (χ0) is 27.3. The standard InChI is InChI=1S/C28H35N3O6P/c1-5-16-30-24-15-14-21(35-17-11-18-38(34,36-7-3)37-8-4)19-25(24)29(6-2)26(30)20-31-27(32)22-12-9-10-13-23(22)28(31)33/h5,9-10,12-15,19H,1,6-8,11,16-18,20H2,2-4H3/q+1. The molecule has 0 atom stereocenters. The number of aromatic nitrogens is 2. The molecule has 9 nitrogen and oxygen atoms in total. The Hall–Kier alpha value is -3.26. The van der Waals surface area contributed by atoms with E-state index >= 15 is 0 Å². The van der Waals surface area contributed by atoms with E-state index in [1.54, 1.807) is 44.2 Å². The number of fused-ring (bicyclic) bond motifs is 2. The molecule has 38 heavy (non-hydrogen) atoms. The lowest BCUT2D eigenvalue weighted by atomic mass is 10.1. The van der Waals surface area contributed by atoms with Crippen LogP contribution in [0.25, 0.3) is 11.0 Å². The van der Waals surface area contributed by atoms with E-state index in [0.29, 0.717) is 56.2 Å². The van der Waals surface area contributed by atoms with Gasteiger partial charge < -0.3 is 13.8 Å². The molecule has 3 aromatic rings. The van der Waals surface area contributed by atoms with Gasteiger partial charge in [0.15, 0.2) is 11.0 Å². The number of carbonyl (C=O) groups excluding carboxylic acids is 2. The maximum atomic E-state index is 13.1. The van der Waals surface area contributed by atoms with Crippen LogP contribution in [0.4, 0.5) is 0 Å². The van der Waals surface area contributed by atoms with E-state index in [0.717, 1.165) is 16.9 Å². The van der Waals surface area contributed by atoms with Gasteiger partial charge in [-0.3, -0.25) is 19.1 Å². The molecule has 2 amide bonds. The summed E-state index contributed by atoms with van der Waals surface area (Å²) >= 11 is 0. The molecule has 1 aliphatic rings. The molecule has 0 saturated carbocycles. The summed E-state index contributed by atoms with van der Waals surface area (Å²) in [7, 11) is -3.11. The molecule has 0 aliphatic carbocycles. The second-order valence-corrected chi connectivity index (χ2v) is 11.0. The Bertz CT molecular complexity index is 1350. The summed E-state index contributed by atoms with van der Waals surface area (Å²) in [4.78, 5) is 27.4.